The number of phenolic OH excluding ortho intramolecular Hbond substituents is 1. The van der Waals surface area contributed by atoms with E-state index in [0.29, 0.717) is 23.5 Å². The maximum absolute atomic E-state index is 12.5. The molecule has 0 aliphatic carbocycles. The molecule has 0 saturated carbocycles. The highest BCUT2D eigenvalue weighted by Crippen LogP contribution is 2.24. The Bertz CT molecular complexity index is 1400. The molecule has 2 N–H and O–H groups in total. The molecule has 0 aliphatic heterocycles. The maximum Gasteiger partial charge on any atom is 0.343 e. The van der Waals surface area contributed by atoms with E-state index in [9.17, 15) is 14.7 Å². The van der Waals surface area contributed by atoms with Gasteiger partial charge >= 0.3 is 5.97 Å². The molecular formula is C30H31N3O5S. The molecule has 0 atom stereocenters. The van der Waals surface area contributed by atoms with Gasteiger partial charge < -0.3 is 14.6 Å². The third kappa shape index (κ3) is 8.12. The number of amides is 1. The summed E-state index contributed by atoms with van der Waals surface area (Å²) in [5.41, 5.74) is 3.85. The summed E-state index contributed by atoms with van der Waals surface area (Å²) in [4.78, 5) is 29.1. The summed E-state index contributed by atoms with van der Waals surface area (Å²) in [6, 6.07) is 18.6. The molecule has 1 amide bonds. The molecule has 3 aromatic carbocycles. The van der Waals surface area contributed by atoms with Crippen LogP contribution in [0.25, 0.3) is 10.2 Å². The fourth-order valence-electron chi connectivity index (χ4n) is 3.80. The van der Waals surface area contributed by atoms with Gasteiger partial charge in [0.2, 0.25) is 0 Å². The molecule has 0 fully saturated rings. The van der Waals surface area contributed by atoms with Crippen LogP contribution in [0.3, 0.4) is 0 Å². The van der Waals surface area contributed by atoms with Crippen LogP contribution in [0.4, 0.5) is 0 Å². The van der Waals surface area contributed by atoms with Crippen molar-refractivity contribution in [2.24, 2.45) is 5.10 Å². The van der Waals surface area contributed by atoms with E-state index < -0.39 is 11.9 Å². The Morgan fingerprint density at radius 2 is 1.72 bits per heavy atom. The van der Waals surface area contributed by atoms with Crippen molar-refractivity contribution < 1.29 is 24.2 Å². The molecule has 4 aromatic rings. The van der Waals surface area contributed by atoms with Gasteiger partial charge in [0, 0.05) is 11.6 Å². The van der Waals surface area contributed by atoms with Crippen LogP contribution in [0.15, 0.2) is 71.8 Å². The molecule has 0 aliphatic rings. The van der Waals surface area contributed by atoms with Gasteiger partial charge in [0.1, 0.15) is 17.2 Å². The predicted molar refractivity (Wildman–Crippen MR) is 153 cm³/mol. The second kappa shape index (κ2) is 14.1. The predicted octanol–water partition coefficient (Wildman–Crippen LogP) is 6.72. The highest BCUT2D eigenvalue weighted by molar-refractivity contribution is 7.20. The molecule has 1 heterocycles. The largest absolute Gasteiger partial charge is 0.507 e. The number of hydrazone groups is 1. The third-order valence-corrected chi connectivity index (χ3v) is 6.96. The zero-order valence-electron chi connectivity index (χ0n) is 21.8. The smallest absolute Gasteiger partial charge is 0.343 e. The minimum Gasteiger partial charge on any atom is -0.507 e. The quantitative estimate of drug-likeness (QED) is 0.0634. The van der Waals surface area contributed by atoms with E-state index in [1.54, 1.807) is 24.3 Å². The zero-order chi connectivity index (χ0) is 27.5. The molecule has 202 valence electrons. The molecule has 0 bridgehead atoms. The lowest BCUT2D eigenvalue weighted by molar-refractivity contribution is 0.0734. The van der Waals surface area contributed by atoms with Crippen molar-refractivity contribution in [1.82, 2.24) is 10.4 Å². The van der Waals surface area contributed by atoms with Gasteiger partial charge in [-0.25, -0.2) is 15.2 Å². The van der Waals surface area contributed by atoms with Crippen molar-refractivity contribution in [2.45, 2.75) is 45.4 Å². The van der Waals surface area contributed by atoms with Crippen molar-refractivity contribution in [3.63, 3.8) is 0 Å². The number of hydrogen-bond donors (Lipinski definition) is 2. The summed E-state index contributed by atoms with van der Waals surface area (Å²) in [6.07, 6.45) is 8.48. The van der Waals surface area contributed by atoms with Gasteiger partial charge in [-0.05, 0) is 55.0 Å². The summed E-state index contributed by atoms with van der Waals surface area (Å²) in [5.74, 6) is -0.275. The number of para-hydroxylation sites is 1. The number of unbranched alkanes of at least 4 members (excludes halogenated alkanes) is 5. The van der Waals surface area contributed by atoms with Gasteiger partial charge in [-0.2, -0.15) is 5.10 Å². The Morgan fingerprint density at radius 1 is 0.974 bits per heavy atom. The second-order valence-electron chi connectivity index (χ2n) is 8.94. The number of benzene rings is 3. The van der Waals surface area contributed by atoms with Crippen molar-refractivity contribution in [2.75, 3.05) is 6.61 Å². The molecule has 0 unspecified atom stereocenters. The standard InChI is InChI=1S/C30H31N3O5S/c1-2-3-4-5-6-9-18-37-23-15-12-21(13-16-23)30(36)38-24-17-14-22(26(34)19-24)20-31-33-28(35)29-32-25-10-7-8-11-27(25)39-29/h7-8,10-17,19-20,34H,2-6,9,18H2,1H3,(H,33,35)/b31-20+. The van der Waals surface area contributed by atoms with E-state index >= 15 is 0 Å². The minimum atomic E-state index is -0.554. The van der Waals surface area contributed by atoms with Gasteiger partial charge in [0.05, 0.1) is 28.6 Å². The van der Waals surface area contributed by atoms with Crippen LogP contribution in [0.5, 0.6) is 17.2 Å². The van der Waals surface area contributed by atoms with E-state index in [0.717, 1.165) is 23.1 Å². The highest BCUT2D eigenvalue weighted by Gasteiger charge is 2.12. The zero-order valence-corrected chi connectivity index (χ0v) is 22.6. The molecule has 0 radical (unpaired) electrons. The lowest BCUT2D eigenvalue weighted by atomic mass is 10.1. The maximum atomic E-state index is 12.5. The van der Waals surface area contributed by atoms with Crippen LogP contribution in [-0.4, -0.2) is 34.8 Å². The first-order valence-corrected chi connectivity index (χ1v) is 13.8. The number of aromatic hydroxyl groups is 1. The lowest BCUT2D eigenvalue weighted by Crippen LogP contribution is -2.17. The normalized spacial score (nSPS) is 11.1. The summed E-state index contributed by atoms with van der Waals surface area (Å²) in [5, 5.41) is 14.5. The Balaban J connectivity index is 1.24. The molecule has 0 spiro atoms. The summed E-state index contributed by atoms with van der Waals surface area (Å²) in [6.45, 7) is 2.85. The number of phenols is 1. The number of esters is 1. The Morgan fingerprint density at radius 3 is 2.49 bits per heavy atom. The fourth-order valence-corrected chi connectivity index (χ4v) is 4.65. The summed E-state index contributed by atoms with van der Waals surface area (Å²) in [7, 11) is 0. The molecule has 8 nitrogen and oxygen atoms in total. The van der Waals surface area contributed by atoms with Gasteiger partial charge in [0.15, 0.2) is 5.01 Å². The van der Waals surface area contributed by atoms with Crippen LogP contribution in [-0.2, 0) is 0 Å². The highest BCUT2D eigenvalue weighted by atomic mass is 32.1. The molecule has 1 aromatic heterocycles. The van der Waals surface area contributed by atoms with Gasteiger partial charge in [-0.3, -0.25) is 4.79 Å². The van der Waals surface area contributed by atoms with Gasteiger partial charge in [-0.15, -0.1) is 11.3 Å². The van der Waals surface area contributed by atoms with Gasteiger partial charge in [0.25, 0.3) is 5.91 Å². The first kappa shape index (κ1) is 27.8. The van der Waals surface area contributed by atoms with Crippen molar-refractivity contribution in [1.29, 1.82) is 0 Å². The SMILES string of the molecule is CCCCCCCCOc1ccc(C(=O)Oc2ccc(/C=N/NC(=O)c3nc4ccccc4s3)c(O)c2)cc1. The van der Waals surface area contributed by atoms with E-state index in [1.807, 2.05) is 24.3 Å². The minimum absolute atomic E-state index is 0.156. The topological polar surface area (TPSA) is 110 Å². The first-order chi connectivity index (χ1) is 19.0. The number of nitrogens with one attached hydrogen (secondary N) is 1. The van der Waals surface area contributed by atoms with Crippen LogP contribution in [0.2, 0.25) is 0 Å². The number of ether oxygens (including phenoxy) is 2. The number of nitrogens with zero attached hydrogens (tertiary/aromatic N) is 2. The third-order valence-electron chi connectivity index (χ3n) is 5.93. The van der Waals surface area contributed by atoms with E-state index in [4.69, 9.17) is 9.47 Å². The number of rotatable bonds is 13. The summed E-state index contributed by atoms with van der Waals surface area (Å²) >= 11 is 1.27. The average Bonchev–Trinajstić information content (AvgIpc) is 3.39. The average molecular weight is 546 g/mol. The van der Waals surface area contributed by atoms with Crippen LogP contribution in [0.1, 0.15) is 71.2 Å². The van der Waals surface area contributed by atoms with Crippen molar-refractivity contribution >= 4 is 39.6 Å². The Kier molecular flexibility index (Phi) is 10.0. The van der Waals surface area contributed by atoms with Crippen molar-refractivity contribution in [3.8, 4) is 17.2 Å². The number of carbonyl (C=O) groups excluding carboxylic acids is 2. The molecule has 9 heteroatoms. The number of thiazole rings is 1. The number of fused-ring (bicyclic) bond motifs is 1. The molecule has 39 heavy (non-hydrogen) atoms. The molecular weight excluding hydrogens is 514 g/mol. The van der Waals surface area contributed by atoms with Gasteiger partial charge in [-0.1, -0.05) is 51.2 Å². The van der Waals surface area contributed by atoms with E-state index in [1.165, 1.54) is 61.4 Å². The number of hydrogen-bond acceptors (Lipinski definition) is 8. The van der Waals surface area contributed by atoms with Crippen molar-refractivity contribution in [3.05, 3.63) is 82.9 Å². The number of carbonyl (C=O) groups is 2. The van der Waals surface area contributed by atoms with Crippen LogP contribution >= 0.6 is 11.3 Å². The monoisotopic (exact) mass is 545 g/mol. The van der Waals surface area contributed by atoms with E-state index in [-0.39, 0.29) is 16.5 Å². The van der Waals surface area contributed by atoms with Crippen LogP contribution < -0.4 is 14.9 Å². The first-order valence-electron chi connectivity index (χ1n) is 13.0. The number of aromatic nitrogens is 1. The molecule has 0 saturated heterocycles. The van der Waals surface area contributed by atoms with E-state index in [2.05, 4.69) is 22.4 Å². The van der Waals surface area contributed by atoms with Crippen LogP contribution in [0, 0.1) is 0 Å². The Hall–Kier alpha value is -4.24. The Labute approximate surface area is 231 Å². The summed E-state index contributed by atoms with van der Waals surface area (Å²) < 4.78 is 12.0. The second-order valence-corrected chi connectivity index (χ2v) is 9.97. The fraction of sp³-hybridized carbons (Fsp3) is 0.267. The molecule has 4 rings (SSSR count). The lowest BCUT2D eigenvalue weighted by Gasteiger charge is -2.08.